The van der Waals surface area contributed by atoms with Crippen LogP contribution in [0.2, 0.25) is 0 Å². The summed E-state index contributed by atoms with van der Waals surface area (Å²) in [5.74, 6) is 3.75. The van der Waals surface area contributed by atoms with Crippen molar-refractivity contribution < 1.29 is 120 Å². The number of carbonyl (C=O) groups excluding carboxylic acids is 4. The molecule has 0 saturated carbocycles. The smallest absolute Gasteiger partial charge is 0.162 e. The second-order valence-electron chi connectivity index (χ2n) is 37.2. The van der Waals surface area contributed by atoms with E-state index in [4.69, 9.17) is 25.0 Å². The molecule has 8 aromatic carbocycles. The Bertz CT molecular complexity index is 5520. The van der Waals surface area contributed by atoms with Gasteiger partial charge in [0.15, 0.2) is 23.1 Å². The fraction of sp³-hybridized carbons (Fsp3) is 0.390. The van der Waals surface area contributed by atoms with Crippen LogP contribution in [0.15, 0.2) is 217 Å². The molecule has 134 heavy (non-hydrogen) atoms. The zero-order valence-electron chi connectivity index (χ0n) is 85.0. The first-order valence-electron chi connectivity index (χ1n) is 46.6. The molecule has 4 heterocycles. The average Bonchev–Trinajstić information content (AvgIpc) is 0.816. The number of ketones is 4. The SMILES string of the molecule is CC(=O)C=C(C)O.CC(C)C(=O)C=C(O)C(C)C.CC(C)CC(=O)C=C(O)CC(C)C.CCC(CC)C(=O)C=C(O)C(CC)CC.Cc1[c-]c(-c2ccc3cc(C(C)C)ccc3n2)cc(C)c1.Cc1[c-]c(-c2ccc3cc(C(C)C)ccc3n2)cc(C)c1.Cc1[c-]c(-c2ccc3ccc(C(C)C)cc3n2)cc(C)c1.Cc1[c-]c(-c2ccc3ccc(C(C)C)cc3n2)cc(C)c1.[Ir].[Ir].[Ir].[Ir]. The number of allylic oxidation sites excluding steroid dienone is 8. The number of nitrogens with zero attached hydrogens (tertiary/aromatic N) is 4. The number of hydrogen-bond acceptors (Lipinski definition) is 12. The maximum absolute atomic E-state index is 11.7. The molecule has 4 aromatic heterocycles. The molecule has 0 aliphatic heterocycles. The molecule has 0 bridgehead atoms. The molecule has 728 valence electrons. The first kappa shape index (κ1) is 123. The number of hydrogen-bond donors (Lipinski definition) is 4. The van der Waals surface area contributed by atoms with E-state index >= 15 is 0 Å². The van der Waals surface area contributed by atoms with Crippen LogP contribution in [0.3, 0.4) is 0 Å². The molecule has 0 unspecified atom stereocenters. The molecule has 4 N–H and O–H groups in total. The fourth-order valence-corrected chi connectivity index (χ4v) is 14.4. The van der Waals surface area contributed by atoms with E-state index in [2.05, 4.69) is 305 Å². The summed E-state index contributed by atoms with van der Waals surface area (Å²) in [6.45, 7) is 60.7. The standard InChI is InChI=1S/4C20H20N.C13H24O2.C11H20O2.C9H16O2.C5H8O2.4Ir/c2*1-13(2)16-5-7-19-17(12-16)6-8-20(21-19)18-10-14(3)9-15(4)11-18;2*1-13(2)17-6-5-16-7-8-19(21-20(16)12-17)18-10-14(3)9-15(4)11-18;1-5-10(6-2)12(14)9-13(15)11(7-3)8-4;1-8(2)5-10(12)7-11(13)6-9(3)4;1-6(2)8(10)5-9(11)7(3)4;1-4(6)3-5(2)7;;;;/h4*5-10,12-13H,1-4H3;9-11,14H,5-8H2,1-4H3;7-9,12H,5-6H2,1-4H3;5-7,10H,1-4H3;3,6H,1-2H3;;;;/q4*-1;;;;;;;;. The van der Waals surface area contributed by atoms with Gasteiger partial charge in [-0.05, 0) is 178 Å². The van der Waals surface area contributed by atoms with Crippen molar-refractivity contribution in [1.29, 1.82) is 0 Å². The van der Waals surface area contributed by atoms with Gasteiger partial charge >= 0.3 is 0 Å². The second-order valence-corrected chi connectivity index (χ2v) is 37.2. The molecule has 4 radical (unpaired) electrons. The minimum absolute atomic E-state index is 0. The summed E-state index contributed by atoms with van der Waals surface area (Å²) in [6, 6.07) is 73.9. The second kappa shape index (κ2) is 61.1. The number of fused-ring (bicyclic) bond motifs is 4. The molecule has 0 amide bonds. The van der Waals surface area contributed by atoms with Crippen LogP contribution in [-0.2, 0) is 99.6 Å². The van der Waals surface area contributed by atoms with Crippen LogP contribution in [-0.4, -0.2) is 63.5 Å². The predicted molar refractivity (Wildman–Crippen MR) is 549 cm³/mol. The van der Waals surface area contributed by atoms with E-state index in [0.29, 0.717) is 48.3 Å². The minimum Gasteiger partial charge on any atom is -0.512 e. The van der Waals surface area contributed by atoms with Gasteiger partial charge in [-0.15, -0.1) is 140 Å². The van der Waals surface area contributed by atoms with Gasteiger partial charge in [-0.3, -0.25) is 39.1 Å². The van der Waals surface area contributed by atoms with E-state index in [-0.39, 0.29) is 150 Å². The Morgan fingerprint density at radius 2 is 0.604 bits per heavy atom. The van der Waals surface area contributed by atoms with E-state index < -0.39 is 0 Å². The Hall–Kier alpha value is -9.16. The predicted octanol–water partition coefficient (Wildman–Crippen LogP) is 32.1. The van der Waals surface area contributed by atoms with Crippen molar-refractivity contribution in [2.75, 3.05) is 0 Å². The van der Waals surface area contributed by atoms with E-state index in [1.54, 1.807) is 0 Å². The van der Waals surface area contributed by atoms with E-state index in [9.17, 15) is 34.5 Å². The summed E-state index contributed by atoms with van der Waals surface area (Å²) in [4.78, 5) is 63.2. The van der Waals surface area contributed by atoms with Crippen LogP contribution in [0.1, 0.15) is 281 Å². The maximum Gasteiger partial charge on any atom is 0.162 e. The molecule has 0 atom stereocenters. The Kier molecular flexibility index (Phi) is 56.0. The average molecular weight is 2520 g/mol. The van der Waals surface area contributed by atoms with Crippen LogP contribution >= 0.6 is 0 Å². The third-order valence-electron chi connectivity index (χ3n) is 21.7. The van der Waals surface area contributed by atoms with E-state index in [1.807, 2.05) is 83.1 Å². The molecule has 0 fully saturated rings. The number of benzene rings is 8. The Morgan fingerprint density at radius 3 is 0.873 bits per heavy atom. The van der Waals surface area contributed by atoms with Gasteiger partial charge in [-0.1, -0.05) is 279 Å². The molecule has 12 rings (SSSR count). The molecular formula is C118H148Ir4N4O8-4. The number of rotatable bonds is 24. The number of carbonyl (C=O) groups is 4. The van der Waals surface area contributed by atoms with Crippen LogP contribution in [0.25, 0.3) is 88.6 Å². The van der Waals surface area contributed by atoms with Crippen molar-refractivity contribution in [2.24, 2.45) is 35.5 Å². The molecule has 0 saturated heterocycles. The summed E-state index contributed by atoms with van der Waals surface area (Å²) in [5.41, 5.74) is 27.5. The quantitative estimate of drug-likeness (QED) is 0.0254. The number of aliphatic hydroxyl groups is 4. The van der Waals surface area contributed by atoms with E-state index in [1.165, 1.54) is 104 Å². The number of pyridine rings is 4. The topological polar surface area (TPSA) is 201 Å². The first-order valence-corrected chi connectivity index (χ1v) is 46.6. The maximum atomic E-state index is 11.7. The normalized spacial score (nSPS) is 11.3. The van der Waals surface area contributed by atoms with Gasteiger partial charge in [0, 0.05) is 141 Å². The monoisotopic (exact) mass is 2520 g/mol. The molecule has 16 heteroatoms. The van der Waals surface area contributed by atoms with Crippen molar-refractivity contribution in [3.63, 3.8) is 0 Å². The molecule has 0 aliphatic rings. The van der Waals surface area contributed by atoms with E-state index in [0.717, 1.165) is 115 Å². The number of aryl methyl sites for hydroxylation is 8. The third-order valence-corrected chi connectivity index (χ3v) is 21.7. The molecule has 12 nitrogen and oxygen atoms in total. The number of aliphatic hydroxyl groups excluding tert-OH is 4. The molecule has 0 spiro atoms. The Balaban J connectivity index is 0.000000777. The fourth-order valence-electron chi connectivity index (χ4n) is 14.4. The third kappa shape index (κ3) is 42.6. The molecule has 0 aliphatic carbocycles. The van der Waals surface area contributed by atoms with Crippen LogP contribution in [0.4, 0.5) is 0 Å². The summed E-state index contributed by atoms with van der Waals surface area (Å²) in [5, 5.41) is 41.4. The van der Waals surface area contributed by atoms with Gasteiger partial charge in [0.05, 0.1) is 45.1 Å². The van der Waals surface area contributed by atoms with Gasteiger partial charge in [-0.2, -0.15) is 0 Å². The number of aromatic nitrogens is 4. The summed E-state index contributed by atoms with van der Waals surface area (Å²) in [6.07, 6.45) is 9.85. The Morgan fingerprint density at radius 1 is 0.313 bits per heavy atom. The van der Waals surface area contributed by atoms with Gasteiger partial charge in [0.1, 0.15) is 0 Å². The summed E-state index contributed by atoms with van der Waals surface area (Å²) in [7, 11) is 0. The Labute approximate surface area is 858 Å². The van der Waals surface area contributed by atoms with Crippen molar-refractivity contribution in [1.82, 2.24) is 19.9 Å². The summed E-state index contributed by atoms with van der Waals surface area (Å²) >= 11 is 0. The largest absolute Gasteiger partial charge is 0.512 e. The van der Waals surface area contributed by atoms with Crippen LogP contribution < -0.4 is 0 Å². The van der Waals surface area contributed by atoms with Crippen molar-refractivity contribution in [2.45, 2.75) is 270 Å². The summed E-state index contributed by atoms with van der Waals surface area (Å²) < 4.78 is 0. The van der Waals surface area contributed by atoms with Crippen molar-refractivity contribution in [3.8, 4) is 45.0 Å². The molecule has 12 aromatic rings. The van der Waals surface area contributed by atoms with Gasteiger partial charge < -0.3 is 20.4 Å². The van der Waals surface area contributed by atoms with Gasteiger partial charge in [0.2, 0.25) is 0 Å². The van der Waals surface area contributed by atoms with Gasteiger partial charge in [-0.25, -0.2) is 0 Å². The zero-order chi connectivity index (χ0) is 97.1. The van der Waals surface area contributed by atoms with Crippen molar-refractivity contribution >= 4 is 66.7 Å². The first-order chi connectivity index (χ1) is 61.2. The van der Waals surface area contributed by atoms with Crippen LogP contribution in [0, 0.1) is 115 Å². The van der Waals surface area contributed by atoms with Crippen LogP contribution in [0.5, 0.6) is 0 Å². The van der Waals surface area contributed by atoms with Crippen molar-refractivity contribution in [3.05, 3.63) is 308 Å². The van der Waals surface area contributed by atoms with Gasteiger partial charge in [0.25, 0.3) is 0 Å². The zero-order valence-corrected chi connectivity index (χ0v) is 94.6. The molecular weight excluding hydrogens is 2370 g/mol. The minimum atomic E-state index is -0.125.